The quantitative estimate of drug-likeness (QED) is 0.0883. The summed E-state index contributed by atoms with van der Waals surface area (Å²) in [4.78, 5) is 101. The van der Waals surface area contributed by atoms with Gasteiger partial charge in [-0.05, 0) is 108 Å². The topological polar surface area (TPSA) is 238 Å². The van der Waals surface area contributed by atoms with Crippen LogP contribution in [0.1, 0.15) is 125 Å². The number of fused-ring (bicyclic) bond motifs is 7. The van der Waals surface area contributed by atoms with Crippen molar-refractivity contribution in [2.24, 2.45) is 28.6 Å². The van der Waals surface area contributed by atoms with Gasteiger partial charge in [0.05, 0.1) is 42.1 Å². The van der Waals surface area contributed by atoms with E-state index in [1.54, 1.807) is 33.1 Å². The second-order valence-electron chi connectivity index (χ2n) is 24.9. The summed E-state index contributed by atoms with van der Waals surface area (Å²) in [5.41, 5.74) is -3.85. The van der Waals surface area contributed by atoms with Gasteiger partial charge in [-0.25, -0.2) is 23.2 Å². The highest BCUT2D eigenvalue weighted by Crippen LogP contribution is 2.67. The number of aromatic nitrogens is 2. The summed E-state index contributed by atoms with van der Waals surface area (Å²) in [6.07, 6.45) is 11.4. The monoisotopic (exact) mass is 1160 g/mol. The lowest BCUT2D eigenvalue weighted by atomic mass is 9.46. The van der Waals surface area contributed by atoms with Gasteiger partial charge in [0, 0.05) is 99.0 Å². The van der Waals surface area contributed by atoms with Crippen LogP contribution in [0.15, 0.2) is 57.9 Å². The molecule has 22 heteroatoms. The fourth-order valence-electron chi connectivity index (χ4n) is 15.6. The van der Waals surface area contributed by atoms with Crippen molar-refractivity contribution >= 4 is 62.8 Å². The van der Waals surface area contributed by atoms with Gasteiger partial charge in [-0.1, -0.05) is 25.5 Å². The molecule has 448 valence electrons. The third-order valence-electron chi connectivity index (χ3n) is 20.1. The Kier molecular flexibility index (Phi) is 14.6. The van der Waals surface area contributed by atoms with Gasteiger partial charge < -0.3 is 63.0 Å². The average molecular weight is 1160 g/mol. The number of nitrogens with one attached hydrogen (secondary N) is 1. The first-order valence-electron chi connectivity index (χ1n) is 29.4. The maximum absolute atomic E-state index is 16.7. The first-order chi connectivity index (χ1) is 40.1. The van der Waals surface area contributed by atoms with Gasteiger partial charge in [0.25, 0.3) is 0 Å². The van der Waals surface area contributed by atoms with Crippen LogP contribution in [0.25, 0.3) is 21.8 Å². The third kappa shape index (κ3) is 9.26. The molecular weight excluding hydrogens is 1090 g/mol. The molecule has 20 nitrogen and oxygen atoms in total. The third-order valence-corrected chi connectivity index (χ3v) is 20.1. The largest absolute Gasteiger partial charge is 0.492 e. The van der Waals surface area contributed by atoms with Crippen LogP contribution < -0.4 is 35.4 Å². The second-order valence-corrected chi connectivity index (χ2v) is 24.9. The number of amides is 1. The number of Topliss-reactive ketones (excluding diaryl/α,β-unsaturated/α-hetero) is 1. The summed E-state index contributed by atoms with van der Waals surface area (Å²) >= 11 is 0. The number of pyridine rings is 2. The zero-order valence-electron chi connectivity index (χ0n) is 48.2. The van der Waals surface area contributed by atoms with Gasteiger partial charge in [0.15, 0.2) is 34.7 Å². The van der Waals surface area contributed by atoms with E-state index in [1.165, 1.54) is 31.5 Å². The number of piperazine rings is 2. The predicted molar refractivity (Wildman–Crippen MR) is 304 cm³/mol. The number of esters is 2. The molecule has 1 amide bonds. The molecule has 5 unspecified atom stereocenters. The van der Waals surface area contributed by atoms with Crippen molar-refractivity contribution in [3.05, 3.63) is 91.5 Å². The van der Waals surface area contributed by atoms with E-state index < -0.39 is 92.8 Å². The van der Waals surface area contributed by atoms with Gasteiger partial charge in [-0.3, -0.25) is 19.2 Å². The number of rotatable bonds is 14. The number of aliphatic hydroxyl groups excluding tert-OH is 1. The Bertz CT molecular complexity index is 3630. The maximum atomic E-state index is 16.7. The number of hydrogen-bond acceptors (Lipinski definition) is 17. The average Bonchev–Trinajstić information content (AvgIpc) is 1.49. The number of ether oxygens (including phenoxy) is 5. The van der Waals surface area contributed by atoms with Crippen LogP contribution in [0.2, 0.25) is 0 Å². The Labute approximate surface area is 483 Å². The number of carbonyl (C=O) groups is 5. The summed E-state index contributed by atoms with van der Waals surface area (Å²) in [6.45, 7) is 8.48. The Morgan fingerprint density at radius 1 is 0.786 bits per heavy atom. The van der Waals surface area contributed by atoms with Crippen LogP contribution in [-0.2, 0) is 23.8 Å². The van der Waals surface area contributed by atoms with Crippen molar-refractivity contribution in [2.75, 3.05) is 76.7 Å². The number of benzene rings is 2. The Balaban J connectivity index is 0.702. The minimum absolute atomic E-state index is 0.0333. The molecule has 9 atom stereocenters. The van der Waals surface area contributed by atoms with E-state index in [0.717, 1.165) is 37.0 Å². The van der Waals surface area contributed by atoms with Crippen molar-refractivity contribution in [1.82, 2.24) is 19.4 Å². The van der Waals surface area contributed by atoms with E-state index in [9.17, 15) is 43.8 Å². The van der Waals surface area contributed by atoms with Gasteiger partial charge in [0.2, 0.25) is 17.7 Å². The summed E-state index contributed by atoms with van der Waals surface area (Å²) in [5.74, 6) is -4.29. The molecule has 6 aliphatic carbocycles. The molecule has 2 aliphatic heterocycles. The number of carbonyl (C=O) groups excluding carboxylic acids is 5. The predicted octanol–water partition coefficient (Wildman–Crippen LogP) is 6.67. The highest BCUT2D eigenvalue weighted by molar-refractivity contribution is 6.02. The second kappa shape index (κ2) is 21.4. The van der Waals surface area contributed by atoms with Crippen LogP contribution in [0.5, 0.6) is 11.5 Å². The molecule has 0 radical (unpaired) electrons. The zero-order chi connectivity index (χ0) is 59.5. The van der Waals surface area contributed by atoms with Crippen LogP contribution in [0, 0.1) is 40.2 Å². The summed E-state index contributed by atoms with van der Waals surface area (Å²) in [7, 11) is 2.75. The molecule has 2 saturated heterocycles. The van der Waals surface area contributed by atoms with Gasteiger partial charge in [-0.15, -0.1) is 0 Å². The van der Waals surface area contributed by atoms with E-state index in [2.05, 4.69) is 12.2 Å². The van der Waals surface area contributed by atoms with Crippen molar-refractivity contribution in [1.29, 1.82) is 0 Å². The Morgan fingerprint density at radius 2 is 1.39 bits per heavy atom. The highest BCUT2D eigenvalue weighted by atomic mass is 19.1. The maximum Gasteiger partial charge on any atom is 0.410 e. The standard InChI is InChI=1S/C62H72F2N6O14/c1-32-27-65-18-19-67(32)52-45(64)25-40-50(56(52)81-6)70(36-10-11-36)30-42(54(40)75)58(77)84-31-83-57(76)41-29-69(35-8-9-35)49-39(53(41)74)24-44(63)51(55(49)80-5)66-20-21-68(33(2)28-66)59(78)82-22-15-47(73)62(79)17-14-43-38-12-7-34-23-37(71)13-16-60(34,3)48(38)46(72)26-61(43,62)4/h13,16,23-25,29-30,32-33,35-36,38,43,46,48,65,72,79H,7-12,14-15,17-22,26-28,31H2,1-6H3/t32?,33?,38?,43?,46-,48?,60-,61-,62-/m0/s1. The molecular formula is C62H72F2N6O14. The minimum atomic E-state index is -1.74. The number of nitrogens with zero attached hydrogens (tertiary/aromatic N) is 5. The number of anilines is 2. The van der Waals surface area contributed by atoms with Gasteiger partial charge >= 0.3 is 18.0 Å². The van der Waals surface area contributed by atoms with Crippen LogP contribution >= 0.6 is 0 Å². The molecule has 4 aromatic rings. The molecule has 8 aliphatic rings. The van der Waals surface area contributed by atoms with E-state index in [0.29, 0.717) is 50.8 Å². The SMILES string of the molecule is COc1c(N2CCN(C(=O)OCCC(=O)[C@@]3(O)CCC4C5CCC6=CC(=O)C=C[C@]6(C)C5[C@@H](O)C[C@@]43C)C(C)C2)c(F)cc2c(=O)c(C(=O)OCOC(=O)c3cn(C4CC4)c4c(OC)c(N5CCNCC5C)c(F)cc4c3=O)cn(C3CC3)c12. The number of aliphatic hydroxyl groups is 2. The molecule has 12 rings (SSSR count). The molecule has 84 heavy (non-hydrogen) atoms. The van der Waals surface area contributed by atoms with E-state index in [4.69, 9.17) is 23.7 Å². The van der Waals surface area contributed by atoms with Crippen molar-refractivity contribution in [3.8, 4) is 11.5 Å². The smallest absolute Gasteiger partial charge is 0.410 e. The van der Waals surface area contributed by atoms with Crippen LogP contribution in [-0.4, -0.2) is 145 Å². The highest BCUT2D eigenvalue weighted by Gasteiger charge is 2.68. The van der Waals surface area contributed by atoms with E-state index >= 15 is 8.78 Å². The molecule has 2 aromatic carbocycles. The molecule has 5 saturated carbocycles. The number of methoxy groups -OCH3 is 2. The van der Waals surface area contributed by atoms with Crippen LogP contribution in [0.4, 0.5) is 25.0 Å². The first kappa shape index (κ1) is 57.3. The molecule has 0 bridgehead atoms. The lowest BCUT2D eigenvalue weighted by Crippen LogP contribution is -2.61. The Hall–Kier alpha value is -7.17. The molecule has 4 heterocycles. The van der Waals surface area contributed by atoms with E-state index in [-0.39, 0.29) is 126 Å². The molecule has 3 N–H and O–H groups in total. The van der Waals surface area contributed by atoms with Crippen molar-refractivity contribution in [2.45, 2.75) is 128 Å². The fraction of sp³-hybridized carbons (Fsp3) is 0.565. The Morgan fingerprint density at radius 3 is 1.98 bits per heavy atom. The van der Waals surface area contributed by atoms with Crippen LogP contribution in [0.3, 0.4) is 0 Å². The first-order valence-corrected chi connectivity index (χ1v) is 29.4. The fourth-order valence-corrected chi connectivity index (χ4v) is 15.6. The molecule has 7 fully saturated rings. The number of ketones is 2. The lowest BCUT2D eigenvalue weighted by molar-refractivity contribution is -0.177. The summed E-state index contributed by atoms with van der Waals surface area (Å²) in [6, 6.07) is 1.24. The lowest BCUT2D eigenvalue weighted by Gasteiger charge is -2.59. The van der Waals surface area contributed by atoms with Gasteiger partial charge in [0.1, 0.15) is 34.7 Å². The molecule has 0 spiro atoms. The normalized spacial score (nSPS) is 29.2. The zero-order valence-corrected chi connectivity index (χ0v) is 48.2. The van der Waals surface area contributed by atoms with Crippen molar-refractivity contribution in [3.63, 3.8) is 0 Å². The van der Waals surface area contributed by atoms with E-state index in [1.807, 2.05) is 24.8 Å². The number of allylic oxidation sites excluding steroid dienone is 4. The van der Waals surface area contributed by atoms with Crippen molar-refractivity contribution < 1.29 is 66.7 Å². The molecule has 2 aromatic heterocycles. The summed E-state index contributed by atoms with van der Waals surface area (Å²) < 4.78 is 64.2. The number of halogens is 2. The number of hydrogen-bond donors (Lipinski definition) is 3. The summed E-state index contributed by atoms with van der Waals surface area (Å²) in [5, 5.41) is 27.1. The van der Waals surface area contributed by atoms with Gasteiger partial charge in [-0.2, -0.15) is 0 Å². The minimum Gasteiger partial charge on any atom is -0.492 e.